The molecule has 0 atom stereocenters. The number of amides is 1. The van der Waals surface area contributed by atoms with E-state index in [0.29, 0.717) is 6.54 Å². The minimum absolute atomic E-state index is 0.0397. The zero-order chi connectivity index (χ0) is 15.2. The second-order valence-corrected chi connectivity index (χ2v) is 4.95. The van der Waals surface area contributed by atoms with Crippen molar-refractivity contribution in [1.29, 1.82) is 0 Å². The first kappa shape index (κ1) is 14.1. The molecule has 1 aromatic carbocycles. The second-order valence-electron chi connectivity index (χ2n) is 4.95. The summed E-state index contributed by atoms with van der Waals surface area (Å²) in [6.45, 7) is 0.532. The molecule has 0 bridgehead atoms. The Bertz CT molecular complexity index is 720. The normalized spacial score (nSPS) is 10.4. The highest BCUT2D eigenvalue weighted by Gasteiger charge is 2.06. The van der Waals surface area contributed by atoms with E-state index in [1.165, 1.54) is 0 Å². The lowest BCUT2D eigenvalue weighted by molar-refractivity contribution is -0.120. The van der Waals surface area contributed by atoms with E-state index in [4.69, 9.17) is 4.42 Å². The number of carbonyl (C=O) groups is 1. The lowest BCUT2D eigenvalue weighted by Crippen LogP contribution is -2.24. The van der Waals surface area contributed by atoms with Gasteiger partial charge in [-0.15, -0.1) is 0 Å². The van der Waals surface area contributed by atoms with Crippen molar-refractivity contribution < 1.29 is 9.21 Å². The summed E-state index contributed by atoms with van der Waals surface area (Å²) >= 11 is 0. The van der Waals surface area contributed by atoms with Crippen LogP contribution in [0.5, 0.6) is 0 Å². The minimum atomic E-state index is -0.0397. The molecule has 4 heteroatoms. The minimum Gasteiger partial charge on any atom is -0.464 e. The molecule has 0 fully saturated rings. The van der Waals surface area contributed by atoms with Crippen LogP contribution in [0.1, 0.15) is 11.3 Å². The molecule has 110 valence electrons. The van der Waals surface area contributed by atoms with Crippen molar-refractivity contribution in [2.75, 3.05) is 0 Å². The zero-order valence-electron chi connectivity index (χ0n) is 12.0. The quantitative estimate of drug-likeness (QED) is 0.785. The van der Waals surface area contributed by atoms with Gasteiger partial charge in [-0.1, -0.05) is 30.3 Å². The van der Waals surface area contributed by atoms with Crippen molar-refractivity contribution in [3.05, 3.63) is 78.3 Å². The van der Waals surface area contributed by atoms with E-state index in [1.807, 2.05) is 54.6 Å². The van der Waals surface area contributed by atoms with Gasteiger partial charge in [0.05, 0.1) is 12.7 Å². The van der Waals surface area contributed by atoms with Gasteiger partial charge in [-0.05, 0) is 29.8 Å². The Morgan fingerprint density at radius 3 is 2.59 bits per heavy atom. The molecule has 4 nitrogen and oxygen atoms in total. The number of rotatable bonds is 5. The first-order valence-corrected chi connectivity index (χ1v) is 7.11. The number of nitrogens with one attached hydrogen (secondary N) is 1. The summed E-state index contributed by atoms with van der Waals surface area (Å²) in [5.41, 5.74) is 2.72. The fourth-order valence-electron chi connectivity index (χ4n) is 2.14. The Morgan fingerprint density at radius 2 is 1.91 bits per heavy atom. The topological polar surface area (TPSA) is 55.1 Å². The molecule has 3 aromatic rings. The third-order valence-electron chi connectivity index (χ3n) is 3.30. The summed E-state index contributed by atoms with van der Waals surface area (Å²) < 4.78 is 5.31. The van der Waals surface area contributed by atoms with Gasteiger partial charge in [0.1, 0.15) is 5.76 Å². The Kier molecular flexibility index (Phi) is 4.30. The molecule has 0 radical (unpaired) electrons. The number of benzene rings is 1. The van der Waals surface area contributed by atoms with Gasteiger partial charge in [-0.2, -0.15) is 0 Å². The SMILES string of the molecule is O=C(Cc1ccc(-c2ccco2)cn1)NCc1ccccc1. The van der Waals surface area contributed by atoms with Gasteiger partial charge < -0.3 is 9.73 Å². The van der Waals surface area contributed by atoms with Gasteiger partial charge in [-0.25, -0.2) is 0 Å². The smallest absolute Gasteiger partial charge is 0.226 e. The number of nitrogens with zero attached hydrogens (tertiary/aromatic N) is 1. The summed E-state index contributed by atoms with van der Waals surface area (Å²) in [5, 5.41) is 2.89. The summed E-state index contributed by atoms with van der Waals surface area (Å²) in [6.07, 6.45) is 3.62. The summed E-state index contributed by atoms with van der Waals surface area (Å²) in [4.78, 5) is 16.2. The molecule has 0 saturated carbocycles. The Labute approximate surface area is 128 Å². The Hall–Kier alpha value is -2.88. The van der Waals surface area contributed by atoms with Crippen LogP contribution in [-0.4, -0.2) is 10.9 Å². The van der Waals surface area contributed by atoms with E-state index in [0.717, 1.165) is 22.6 Å². The summed E-state index contributed by atoms with van der Waals surface area (Å²) in [7, 11) is 0. The molecule has 0 spiro atoms. The number of carbonyl (C=O) groups excluding carboxylic acids is 1. The maximum absolute atomic E-state index is 11.9. The molecule has 22 heavy (non-hydrogen) atoms. The average Bonchev–Trinajstić information content (AvgIpc) is 3.09. The number of aromatic nitrogens is 1. The molecule has 0 aliphatic carbocycles. The average molecular weight is 292 g/mol. The second kappa shape index (κ2) is 6.72. The standard InChI is InChI=1S/C18H16N2O2/c21-18(20-12-14-5-2-1-3-6-14)11-16-9-8-15(13-19-16)17-7-4-10-22-17/h1-10,13H,11-12H2,(H,20,21). The van der Waals surface area contributed by atoms with Crippen LogP contribution in [0.15, 0.2) is 71.5 Å². The maximum Gasteiger partial charge on any atom is 0.226 e. The lowest BCUT2D eigenvalue weighted by Gasteiger charge is -2.05. The van der Waals surface area contributed by atoms with Crippen LogP contribution in [0.3, 0.4) is 0 Å². The third kappa shape index (κ3) is 3.61. The van der Waals surface area contributed by atoms with Crippen molar-refractivity contribution in [3.63, 3.8) is 0 Å². The Morgan fingerprint density at radius 1 is 1.05 bits per heavy atom. The molecular formula is C18H16N2O2. The van der Waals surface area contributed by atoms with Gasteiger partial charge in [0.2, 0.25) is 5.91 Å². The monoisotopic (exact) mass is 292 g/mol. The summed E-state index contributed by atoms with van der Waals surface area (Å²) in [6, 6.07) is 17.3. The lowest BCUT2D eigenvalue weighted by atomic mass is 10.2. The molecule has 0 aliphatic heterocycles. The number of hydrogen-bond acceptors (Lipinski definition) is 3. The highest BCUT2D eigenvalue weighted by Crippen LogP contribution is 2.18. The zero-order valence-corrected chi connectivity index (χ0v) is 12.0. The molecule has 1 N–H and O–H groups in total. The summed E-state index contributed by atoms with van der Waals surface area (Å²) in [5.74, 6) is 0.731. The van der Waals surface area contributed by atoms with Crippen molar-refractivity contribution in [2.24, 2.45) is 0 Å². The van der Waals surface area contributed by atoms with Crippen LogP contribution in [0.2, 0.25) is 0 Å². The first-order valence-electron chi connectivity index (χ1n) is 7.11. The van der Waals surface area contributed by atoms with Gasteiger partial charge in [0, 0.05) is 24.0 Å². The molecular weight excluding hydrogens is 276 g/mol. The first-order chi connectivity index (χ1) is 10.8. The molecule has 0 unspecified atom stereocenters. The molecule has 3 rings (SSSR count). The number of pyridine rings is 1. The maximum atomic E-state index is 11.9. The van der Waals surface area contributed by atoms with Crippen molar-refractivity contribution in [1.82, 2.24) is 10.3 Å². The number of furan rings is 1. The van der Waals surface area contributed by atoms with Crippen LogP contribution in [-0.2, 0) is 17.8 Å². The van der Waals surface area contributed by atoms with Crippen molar-refractivity contribution in [2.45, 2.75) is 13.0 Å². The fraction of sp³-hybridized carbons (Fsp3) is 0.111. The van der Waals surface area contributed by atoms with Gasteiger partial charge >= 0.3 is 0 Å². The highest BCUT2D eigenvalue weighted by molar-refractivity contribution is 5.78. The predicted molar refractivity (Wildman–Crippen MR) is 83.9 cm³/mol. The van der Waals surface area contributed by atoms with E-state index in [9.17, 15) is 4.79 Å². The fourth-order valence-corrected chi connectivity index (χ4v) is 2.14. The third-order valence-corrected chi connectivity index (χ3v) is 3.30. The van der Waals surface area contributed by atoms with E-state index >= 15 is 0 Å². The molecule has 2 heterocycles. The van der Waals surface area contributed by atoms with Crippen LogP contribution < -0.4 is 5.32 Å². The Balaban J connectivity index is 1.55. The van der Waals surface area contributed by atoms with Crippen LogP contribution >= 0.6 is 0 Å². The predicted octanol–water partition coefficient (Wildman–Crippen LogP) is 3.20. The molecule has 1 amide bonds. The van der Waals surface area contributed by atoms with Crippen molar-refractivity contribution in [3.8, 4) is 11.3 Å². The molecule has 0 saturated heterocycles. The number of hydrogen-bond donors (Lipinski definition) is 1. The van der Waals surface area contributed by atoms with Gasteiger partial charge in [0.25, 0.3) is 0 Å². The largest absolute Gasteiger partial charge is 0.464 e. The molecule has 0 aliphatic rings. The van der Waals surface area contributed by atoms with Crippen LogP contribution in [0.25, 0.3) is 11.3 Å². The van der Waals surface area contributed by atoms with Crippen molar-refractivity contribution >= 4 is 5.91 Å². The van der Waals surface area contributed by atoms with Gasteiger partial charge in [-0.3, -0.25) is 9.78 Å². The van der Waals surface area contributed by atoms with E-state index < -0.39 is 0 Å². The molecule has 2 aromatic heterocycles. The van der Waals surface area contributed by atoms with Gasteiger partial charge in [0.15, 0.2) is 0 Å². The highest BCUT2D eigenvalue weighted by atomic mass is 16.3. The van der Waals surface area contributed by atoms with E-state index in [2.05, 4.69) is 10.3 Å². The van der Waals surface area contributed by atoms with E-state index in [-0.39, 0.29) is 12.3 Å². The van der Waals surface area contributed by atoms with Crippen LogP contribution in [0.4, 0.5) is 0 Å². The van der Waals surface area contributed by atoms with Crippen LogP contribution in [0, 0.1) is 0 Å². The van der Waals surface area contributed by atoms with E-state index in [1.54, 1.807) is 12.5 Å².